The summed E-state index contributed by atoms with van der Waals surface area (Å²) in [4.78, 5) is 19.3. The van der Waals surface area contributed by atoms with Crippen LogP contribution in [0.5, 0.6) is 11.6 Å². The summed E-state index contributed by atoms with van der Waals surface area (Å²) in [5.41, 5.74) is 0.822. The second-order valence-corrected chi connectivity index (χ2v) is 7.97. The molecule has 9 heteroatoms. The van der Waals surface area contributed by atoms with Gasteiger partial charge in [-0.15, -0.1) is 0 Å². The average molecular weight is 408 g/mol. The quantitative estimate of drug-likeness (QED) is 0.842. The number of pyridine rings is 1. The number of anilines is 1. The van der Waals surface area contributed by atoms with E-state index in [1.54, 1.807) is 24.3 Å². The van der Waals surface area contributed by atoms with Gasteiger partial charge in [-0.25, -0.2) is 9.19 Å². The third-order valence-corrected chi connectivity index (χ3v) is 6.04. The lowest BCUT2D eigenvalue weighted by atomic mass is 10.2. The van der Waals surface area contributed by atoms with Crippen molar-refractivity contribution in [3.8, 4) is 11.6 Å². The van der Waals surface area contributed by atoms with E-state index in [9.17, 15) is 9.00 Å². The molecule has 142 valence electrons. The van der Waals surface area contributed by atoms with E-state index in [-0.39, 0.29) is 11.9 Å². The summed E-state index contributed by atoms with van der Waals surface area (Å²) in [6, 6.07) is 6.60. The van der Waals surface area contributed by atoms with Gasteiger partial charge in [-0.1, -0.05) is 11.6 Å². The molecule has 1 unspecified atom stereocenters. The van der Waals surface area contributed by atoms with Crippen LogP contribution in [-0.2, 0) is 11.0 Å². The highest BCUT2D eigenvalue weighted by Crippen LogP contribution is 2.31. The molecule has 1 saturated heterocycles. The highest BCUT2D eigenvalue weighted by molar-refractivity contribution is 7.86. The number of hydrogen-bond acceptors (Lipinski definition) is 5. The minimum Gasteiger partial charge on any atom is -0.495 e. The average Bonchev–Trinajstić information content (AvgIpc) is 3.10. The van der Waals surface area contributed by atoms with Crippen molar-refractivity contribution in [3.05, 3.63) is 41.0 Å². The molecule has 3 heterocycles. The molecule has 2 aliphatic heterocycles. The van der Waals surface area contributed by atoms with E-state index in [1.165, 1.54) is 13.3 Å². The van der Waals surface area contributed by atoms with Crippen molar-refractivity contribution in [3.63, 3.8) is 0 Å². The number of rotatable bonds is 4. The van der Waals surface area contributed by atoms with Crippen LogP contribution in [0.3, 0.4) is 0 Å². The fraction of sp³-hybridized carbons (Fsp3) is 0.333. The second kappa shape index (κ2) is 7.36. The van der Waals surface area contributed by atoms with E-state index in [1.807, 2.05) is 4.90 Å². The molecule has 0 saturated carbocycles. The molecular weight excluding hydrogens is 390 g/mol. The number of hydrogen-bond donors (Lipinski definition) is 1. The zero-order chi connectivity index (χ0) is 19.0. The number of methoxy groups -OCH3 is 1. The minimum absolute atomic E-state index is 0.0907. The maximum atomic E-state index is 12.8. The third kappa shape index (κ3) is 3.46. The van der Waals surface area contributed by atoms with Gasteiger partial charge in [-0.05, 0) is 37.1 Å². The maximum absolute atomic E-state index is 12.8. The first-order chi connectivity index (χ1) is 13.1. The summed E-state index contributed by atoms with van der Waals surface area (Å²) in [5.74, 6) is 0.658. The topological polar surface area (TPSA) is 80.8 Å². The molecule has 0 aliphatic carbocycles. The van der Waals surface area contributed by atoms with Crippen LogP contribution in [0.4, 0.5) is 5.69 Å². The van der Waals surface area contributed by atoms with Crippen LogP contribution in [0, 0.1) is 0 Å². The molecule has 1 aromatic carbocycles. The Morgan fingerprint density at radius 2 is 2.26 bits per heavy atom. The van der Waals surface area contributed by atoms with Gasteiger partial charge < -0.3 is 14.4 Å². The maximum Gasteiger partial charge on any atom is 0.259 e. The summed E-state index contributed by atoms with van der Waals surface area (Å²) >= 11 is 6.01. The lowest BCUT2D eigenvalue weighted by molar-refractivity contribution is 0.0726. The fourth-order valence-electron chi connectivity index (χ4n) is 3.34. The highest BCUT2D eigenvalue weighted by atomic mass is 35.5. The van der Waals surface area contributed by atoms with Gasteiger partial charge in [0.05, 0.1) is 25.0 Å². The van der Waals surface area contributed by atoms with Crippen LogP contribution in [0.2, 0.25) is 5.02 Å². The largest absolute Gasteiger partial charge is 0.495 e. The molecule has 7 nitrogen and oxygen atoms in total. The Hall–Kier alpha value is -2.32. The summed E-state index contributed by atoms with van der Waals surface area (Å²) in [6.07, 6.45) is 3.40. The van der Waals surface area contributed by atoms with Crippen molar-refractivity contribution in [2.45, 2.75) is 23.8 Å². The molecule has 4 rings (SSSR count). The van der Waals surface area contributed by atoms with Gasteiger partial charge in [0.15, 0.2) is 11.0 Å². The van der Waals surface area contributed by atoms with E-state index in [2.05, 4.69) is 9.71 Å². The normalized spacial score (nSPS) is 19.6. The summed E-state index contributed by atoms with van der Waals surface area (Å²) < 4.78 is 26.6. The van der Waals surface area contributed by atoms with Crippen molar-refractivity contribution in [2.24, 2.45) is 0 Å². The number of carbonyl (C=O) groups is 1. The number of benzene rings is 1. The van der Waals surface area contributed by atoms with Crippen LogP contribution in [0.1, 0.15) is 23.2 Å². The standard InChI is InChI=1S/C18H18ClN3O4S/c1-25-15-5-4-11(19)7-16(15)27(24)21-12-8-14-17(20-9-12)26-10-13-3-2-6-22(13)18(14)23/h4-5,7-9,13,21H,2-3,6,10H2,1H3/t13-,27?/m0/s1. The number of amides is 1. The lowest BCUT2D eigenvalue weighted by Gasteiger charge is -2.20. The molecule has 0 bridgehead atoms. The van der Waals surface area contributed by atoms with Crippen molar-refractivity contribution in [1.82, 2.24) is 9.88 Å². The number of ether oxygens (including phenoxy) is 2. The van der Waals surface area contributed by atoms with E-state index in [4.69, 9.17) is 21.1 Å². The second-order valence-electron chi connectivity index (χ2n) is 6.35. The Labute approximate surface area is 164 Å². The lowest BCUT2D eigenvalue weighted by Crippen LogP contribution is -2.36. The number of nitrogens with one attached hydrogen (secondary N) is 1. The van der Waals surface area contributed by atoms with Gasteiger partial charge >= 0.3 is 0 Å². The monoisotopic (exact) mass is 407 g/mol. The summed E-state index contributed by atoms with van der Waals surface area (Å²) in [5, 5.41) is 0.449. The predicted octanol–water partition coefficient (Wildman–Crippen LogP) is 2.88. The van der Waals surface area contributed by atoms with E-state index in [0.29, 0.717) is 39.4 Å². The molecule has 0 radical (unpaired) electrons. The number of carbonyl (C=O) groups excluding carboxylic acids is 1. The van der Waals surface area contributed by atoms with Gasteiger partial charge in [0, 0.05) is 11.6 Å². The smallest absolute Gasteiger partial charge is 0.259 e. The zero-order valence-corrected chi connectivity index (χ0v) is 16.2. The molecule has 2 aromatic rings. The van der Waals surface area contributed by atoms with Gasteiger partial charge in [0.25, 0.3) is 5.91 Å². The molecular formula is C18H18ClN3O4S. The predicted molar refractivity (Wildman–Crippen MR) is 102 cm³/mol. The molecule has 2 aliphatic rings. The van der Waals surface area contributed by atoms with Crippen molar-refractivity contribution in [1.29, 1.82) is 0 Å². The number of fused-ring (bicyclic) bond motifs is 2. The number of aromatic nitrogens is 1. The molecule has 2 atom stereocenters. The van der Waals surface area contributed by atoms with E-state index >= 15 is 0 Å². The Kier molecular flexibility index (Phi) is 4.92. The summed E-state index contributed by atoms with van der Waals surface area (Å²) in [6.45, 7) is 1.17. The fourth-order valence-corrected chi connectivity index (χ4v) is 4.58. The molecule has 1 fully saturated rings. The van der Waals surface area contributed by atoms with E-state index in [0.717, 1.165) is 19.4 Å². The van der Waals surface area contributed by atoms with Crippen molar-refractivity contribution in [2.75, 3.05) is 25.0 Å². The van der Waals surface area contributed by atoms with Gasteiger partial charge in [0.1, 0.15) is 22.8 Å². The SMILES string of the molecule is COc1ccc(Cl)cc1S(=O)Nc1cnc2c(c1)C(=O)N1CCC[C@H]1CO2. The van der Waals surface area contributed by atoms with Gasteiger partial charge in [-0.2, -0.15) is 0 Å². The number of nitrogens with zero attached hydrogens (tertiary/aromatic N) is 2. The van der Waals surface area contributed by atoms with Crippen molar-refractivity contribution < 1.29 is 18.5 Å². The first kappa shape index (κ1) is 18.1. The Morgan fingerprint density at radius 3 is 3.07 bits per heavy atom. The molecule has 0 spiro atoms. The molecule has 27 heavy (non-hydrogen) atoms. The van der Waals surface area contributed by atoms with Gasteiger partial charge in [-0.3, -0.25) is 9.52 Å². The first-order valence-corrected chi connectivity index (χ1v) is 10.1. The van der Waals surface area contributed by atoms with Crippen LogP contribution in [-0.4, -0.2) is 46.3 Å². The van der Waals surface area contributed by atoms with E-state index < -0.39 is 11.0 Å². The molecule has 1 amide bonds. The van der Waals surface area contributed by atoms with Crippen LogP contribution >= 0.6 is 11.6 Å². The first-order valence-electron chi connectivity index (χ1n) is 8.52. The molecule has 1 N–H and O–H groups in total. The third-order valence-electron chi connectivity index (χ3n) is 4.67. The number of halogens is 1. The highest BCUT2D eigenvalue weighted by Gasteiger charge is 2.35. The van der Waals surface area contributed by atoms with Crippen LogP contribution in [0.25, 0.3) is 0 Å². The Balaban J connectivity index is 1.61. The van der Waals surface area contributed by atoms with Crippen LogP contribution in [0.15, 0.2) is 35.4 Å². The Bertz CT molecular complexity index is 923. The summed E-state index contributed by atoms with van der Waals surface area (Å²) in [7, 11) is -0.146. The van der Waals surface area contributed by atoms with Gasteiger partial charge in [0.2, 0.25) is 5.88 Å². The van der Waals surface area contributed by atoms with Crippen LogP contribution < -0.4 is 14.2 Å². The Morgan fingerprint density at radius 1 is 1.41 bits per heavy atom. The zero-order valence-electron chi connectivity index (χ0n) is 14.6. The molecule has 1 aromatic heterocycles. The minimum atomic E-state index is -1.64. The van der Waals surface area contributed by atoms with Crippen molar-refractivity contribution >= 4 is 34.2 Å².